The van der Waals surface area contributed by atoms with Crippen LogP contribution in [0.3, 0.4) is 0 Å². The number of hydrogen-bond donors (Lipinski definition) is 1. The molecule has 2 heterocycles. The number of benzene rings is 2. The Balaban J connectivity index is 1.78. The van der Waals surface area contributed by atoms with Crippen molar-refractivity contribution in [3.05, 3.63) is 65.9 Å². The molecule has 0 atom stereocenters. The highest BCUT2D eigenvalue weighted by Gasteiger charge is 2.23. The zero-order valence-electron chi connectivity index (χ0n) is 14.9. The summed E-state index contributed by atoms with van der Waals surface area (Å²) in [6.45, 7) is 3.85. The molecule has 1 N–H and O–H groups in total. The van der Waals surface area contributed by atoms with Crippen LogP contribution >= 0.6 is 0 Å². The van der Waals surface area contributed by atoms with Crippen LogP contribution in [0.5, 0.6) is 5.75 Å². The zero-order chi connectivity index (χ0) is 17.9. The molecule has 1 amide bonds. The number of hydrogen-bond acceptors (Lipinski definition) is 3. The van der Waals surface area contributed by atoms with Crippen molar-refractivity contribution in [2.45, 2.75) is 6.54 Å². The first-order valence-electron chi connectivity index (χ1n) is 8.97. The van der Waals surface area contributed by atoms with Gasteiger partial charge in [-0.3, -0.25) is 4.79 Å². The molecule has 0 unspecified atom stereocenters. The van der Waals surface area contributed by atoms with Gasteiger partial charge < -0.3 is 19.5 Å². The standard InChI is InChI=1S/C21H23N3O2/c1-26-18-7-8-19-17(13-18)14-20(21(25)23-11-9-22-10-12-23)24(19)15-16-5-3-2-4-6-16/h2-8,13-14,22H,9-12,15H2,1H3. The van der Waals surface area contributed by atoms with Crippen LogP contribution < -0.4 is 10.1 Å². The molecule has 1 aliphatic heterocycles. The first-order valence-corrected chi connectivity index (χ1v) is 8.97. The van der Waals surface area contributed by atoms with E-state index >= 15 is 0 Å². The van der Waals surface area contributed by atoms with Crippen molar-refractivity contribution in [2.24, 2.45) is 0 Å². The monoisotopic (exact) mass is 349 g/mol. The van der Waals surface area contributed by atoms with Crippen LogP contribution in [0.15, 0.2) is 54.6 Å². The van der Waals surface area contributed by atoms with E-state index in [1.807, 2.05) is 47.4 Å². The van der Waals surface area contributed by atoms with Gasteiger partial charge in [0.1, 0.15) is 11.4 Å². The first kappa shape index (κ1) is 16.7. The van der Waals surface area contributed by atoms with E-state index in [1.54, 1.807) is 7.11 Å². The molecule has 1 aromatic heterocycles. The van der Waals surface area contributed by atoms with Gasteiger partial charge in [0, 0.05) is 43.6 Å². The lowest BCUT2D eigenvalue weighted by Gasteiger charge is -2.27. The highest BCUT2D eigenvalue weighted by Crippen LogP contribution is 2.26. The molecule has 26 heavy (non-hydrogen) atoms. The number of ether oxygens (including phenoxy) is 1. The average Bonchev–Trinajstić information content (AvgIpc) is 3.06. The third-order valence-electron chi connectivity index (χ3n) is 4.92. The van der Waals surface area contributed by atoms with Crippen LogP contribution in [0.2, 0.25) is 0 Å². The molecule has 2 aromatic carbocycles. The van der Waals surface area contributed by atoms with Gasteiger partial charge in [-0.05, 0) is 29.8 Å². The summed E-state index contributed by atoms with van der Waals surface area (Å²) in [4.78, 5) is 15.1. The maximum absolute atomic E-state index is 13.2. The number of amides is 1. The van der Waals surface area contributed by atoms with Crippen LogP contribution in [-0.4, -0.2) is 48.7 Å². The number of rotatable bonds is 4. The van der Waals surface area contributed by atoms with Crippen molar-refractivity contribution in [1.82, 2.24) is 14.8 Å². The summed E-state index contributed by atoms with van der Waals surface area (Å²) in [6.07, 6.45) is 0. The highest BCUT2D eigenvalue weighted by atomic mass is 16.5. The van der Waals surface area contributed by atoms with Crippen molar-refractivity contribution in [1.29, 1.82) is 0 Å². The van der Waals surface area contributed by atoms with Gasteiger partial charge in [-0.1, -0.05) is 30.3 Å². The lowest BCUT2D eigenvalue weighted by atomic mass is 10.2. The number of piperazine rings is 1. The second-order valence-electron chi connectivity index (χ2n) is 6.57. The largest absolute Gasteiger partial charge is 0.497 e. The van der Waals surface area contributed by atoms with E-state index in [0.29, 0.717) is 6.54 Å². The number of nitrogens with zero attached hydrogens (tertiary/aromatic N) is 2. The van der Waals surface area contributed by atoms with E-state index in [1.165, 1.54) is 5.56 Å². The van der Waals surface area contributed by atoms with Gasteiger partial charge in [0.05, 0.1) is 7.11 Å². The van der Waals surface area contributed by atoms with E-state index in [0.717, 1.165) is 48.5 Å². The summed E-state index contributed by atoms with van der Waals surface area (Å²) in [5, 5.41) is 4.33. The second-order valence-corrected chi connectivity index (χ2v) is 6.57. The van der Waals surface area contributed by atoms with E-state index in [9.17, 15) is 4.79 Å². The van der Waals surface area contributed by atoms with Gasteiger partial charge in [-0.2, -0.15) is 0 Å². The molecule has 0 spiro atoms. The zero-order valence-corrected chi connectivity index (χ0v) is 14.9. The molecule has 1 fully saturated rings. The van der Waals surface area contributed by atoms with Gasteiger partial charge in [0.15, 0.2) is 0 Å². The minimum absolute atomic E-state index is 0.0950. The Bertz CT molecular complexity index is 912. The molecule has 1 aliphatic rings. The summed E-state index contributed by atoms with van der Waals surface area (Å²) in [5.41, 5.74) is 2.96. The highest BCUT2D eigenvalue weighted by molar-refractivity contribution is 5.99. The Morgan fingerprint density at radius 1 is 1.08 bits per heavy atom. The van der Waals surface area contributed by atoms with Crippen molar-refractivity contribution in [3.63, 3.8) is 0 Å². The fraction of sp³-hybridized carbons (Fsp3) is 0.286. The lowest BCUT2D eigenvalue weighted by molar-refractivity contribution is 0.0726. The first-order chi connectivity index (χ1) is 12.8. The Hall–Kier alpha value is -2.79. The van der Waals surface area contributed by atoms with Crippen molar-refractivity contribution >= 4 is 16.8 Å². The molecule has 0 saturated carbocycles. The quantitative estimate of drug-likeness (QED) is 0.788. The smallest absolute Gasteiger partial charge is 0.270 e. The van der Waals surface area contributed by atoms with Crippen LogP contribution in [0.1, 0.15) is 16.1 Å². The van der Waals surface area contributed by atoms with E-state index in [-0.39, 0.29) is 5.91 Å². The van der Waals surface area contributed by atoms with Crippen molar-refractivity contribution < 1.29 is 9.53 Å². The Labute approximate surface area is 153 Å². The molecule has 134 valence electrons. The number of aromatic nitrogens is 1. The summed E-state index contributed by atoms with van der Waals surface area (Å²) < 4.78 is 7.47. The third-order valence-corrected chi connectivity index (χ3v) is 4.92. The fourth-order valence-electron chi connectivity index (χ4n) is 3.52. The summed E-state index contributed by atoms with van der Waals surface area (Å²) >= 11 is 0. The van der Waals surface area contributed by atoms with Crippen LogP contribution in [0.4, 0.5) is 0 Å². The lowest BCUT2D eigenvalue weighted by Crippen LogP contribution is -2.46. The maximum Gasteiger partial charge on any atom is 0.270 e. The minimum atomic E-state index is 0.0950. The number of carbonyl (C=O) groups is 1. The van der Waals surface area contributed by atoms with Gasteiger partial charge in [-0.25, -0.2) is 0 Å². The van der Waals surface area contributed by atoms with Gasteiger partial charge in [0.25, 0.3) is 5.91 Å². The molecule has 4 rings (SSSR count). The Morgan fingerprint density at radius 3 is 2.58 bits per heavy atom. The topological polar surface area (TPSA) is 46.5 Å². The predicted molar refractivity (Wildman–Crippen MR) is 103 cm³/mol. The van der Waals surface area contributed by atoms with Crippen molar-refractivity contribution in [2.75, 3.05) is 33.3 Å². The molecular weight excluding hydrogens is 326 g/mol. The Morgan fingerprint density at radius 2 is 1.85 bits per heavy atom. The van der Waals surface area contributed by atoms with Crippen LogP contribution in [0.25, 0.3) is 10.9 Å². The number of nitrogens with one attached hydrogen (secondary N) is 1. The minimum Gasteiger partial charge on any atom is -0.497 e. The average molecular weight is 349 g/mol. The molecule has 0 radical (unpaired) electrons. The molecule has 5 heteroatoms. The second kappa shape index (κ2) is 7.22. The van der Waals surface area contributed by atoms with Gasteiger partial charge >= 0.3 is 0 Å². The van der Waals surface area contributed by atoms with Crippen molar-refractivity contribution in [3.8, 4) is 5.75 Å². The molecule has 0 aliphatic carbocycles. The van der Waals surface area contributed by atoms with E-state index in [4.69, 9.17) is 4.74 Å². The number of fused-ring (bicyclic) bond motifs is 1. The molecule has 0 bridgehead atoms. The van der Waals surface area contributed by atoms with Crippen LogP contribution in [-0.2, 0) is 6.54 Å². The van der Waals surface area contributed by atoms with E-state index in [2.05, 4.69) is 22.0 Å². The molecule has 1 saturated heterocycles. The van der Waals surface area contributed by atoms with Gasteiger partial charge in [-0.15, -0.1) is 0 Å². The van der Waals surface area contributed by atoms with Crippen LogP contribution in [0, 0.1) is 0 Å². The summed E-state index contributed by atoms with van der Waals surface area (Å²) in [6, 6.07) is 18.2. The van der Waals surface area contributed by atoms with Gasteiger partial charge in [0.2, 0.25) is 0 Å². The number of carbonyl (C=O) groups excluding carboxylic acids is 1. The maximum atomic E-state index is 13.2. The summed E-state index contributed by atoms with van der Waals surface area (Å²) in [7, 11) is 1.66. The predicted octanol–water partition coefficient (Wildman–Crippen LogP) is 2.74. The third kappa shape index (κ3) is 3.18. The molecule has 5 nitrogen and oxygen atoms in total. The Kier molecular flexibility index (Phi) is 4.63. The molecular formula is C21H23N3O2. The SMILES string of the molecule is COc1ccc2c(c1)cc(C(=O)N1CCNCC1)n2Cc1ccccc1. The number of methoxy groups -OCH3 is 1. The normalized spacial score (nSPS) is 14.6. The fourth-order valence-corrected chi connectivity index (χ4v) is 3.52. The summed E-state index contributed by atoms with van der Waals surface area (Å²) in [5.74, 6) is 0.896. The molecule has 3 aromatic rings. The van der Waals surface area contributed by atoms with E-state index < -0.39 is 0 Å².